The number of ether oxygens (including phenoxy) is 2. The van der Waals surface area contributed by atoms with Gasteiger partial charge in [-0.3, -0.25) is 4.79 Å². The van der Waals surface area contributed by atoms with Crippen LogP contribution in [0.1, 0.15) is 18.5 Å². The summed E-state index contributed by atoms with van der Waals surface area (Å²) in [5.74, 6) is 1.07. The van der Waals surface area contributed by atoms with Crippen LogP contribution < -0.4 is 14.8 Å². The van der Waals surface area contributed by atoms with Gasteiger partial charge in [-0.05, 0) is 36.8 Å². The molecule has 1 aromatic heterocycles. The highest BCUT2D eigenvalue weighted by Gasteiger charge is 2.28. The monoisotopic (exact) mass is 349 g/mol. The largest absolute Gasteiger partial charge is 0.485 e. The zero-order valence-electron chi connectivity index (χ0n) is 14.3. The van der Waals surface area contributed by atoms with Gasteiger partial charge in [0.2, 0.25) is 6.10 Å². The van der Waals surface area contributed by atoms with Gasteiger partial charge in [-0.1, -0.05) is 24.3 Å². The Balaban J connectivity index is 1.40. The predicted molar refractivity (Wildman–Crippen MR) is 96.5 cm³/mol. The van der Waals surface area contributed by atoms with Gasteiger partial charge in [0.15, 0.2) is 11.5 Å². The lowest BCUT2D eigenvalue weighted by molar-refractivity contribution is -0.131. The SMILES string of the molecule is C[C@H](NC(=O)[C@H]1COc2ccccc2O1)c1ccc(-n2ccnc2)cc1. The highest BCUT2D eigenvalue weighted by atomic mass is 16.6. The molecule has 132 valence electrons. The topological polar surface area (TPSA) is 65.4 Å². The van der Waals surface area contributed by atoms with Crippen molar-refractivity contribution < 1.29 is 14.3 Å². The standard InChI is InChI=1S/C20H19N3O3/c1-14(15-6-8-16(9-7-15)23-11-10-21-13-23)22-20(24)19-12-25-17-4-2-3-5-18(17)26-19/h2-11,13-14,19H,12H2,1H3,(H,22,24)/t14-,19+/m0/s1. The van der Waals surface area contributed by atoms with Crippen molar-refractivity contribution in [2.75, 3.05) is 6.61 Å². The smallest absolute Gasteiger partial charge is 0.265 e. The maximum atomic E-state index is 12.5. The van der Waals surface area contributed by atoms with Crippen molar-refractivity contribution in [1.29, 1.82) is 0 Å². The first-order chi connectivity index (χ1) is 12.7. The quantitative estimate of drug-likeness (QED) is 0.787. The van der Waals surface area contributed by atoms with Crippen LogP contribution in [0.5, 0.6) is 11.5 Å². The molecule has 0 unspecified atom stereocenters. The third-order valence-corrected chi connectivity index (χ3v) is 4.36. The van der Waals surface area contributed by atoms with Crippen LogP contribution in [-0.4, -0.2) is 28.2 Å². The lowest BCUT2D eigenvalue weighted by Gasteiger charge is -2.26. The summed E-state index contributed by atoms with van der Waals surface area (Å²) >= 11 is 0. The van der Waals surface area contributed by atoms with Gasteiger partial charge in [0.25, 0.3) is 5.91 Å². The van der Waals surface area contributed by atoms with Gasteiger partial charge in [-0.2, -0.15) is 0 Å². The summed E-state index contributed by atoms with van der Waals surface area (Å²) in [7, 11) is 0. The first-order valence-corrected chi connectivity index (χ1v) is 8.48. The zero-order chi connectivity index (χ0) is 17.9. The van der Waals surface area contributed by atoms with Gasteiger partial charge >= 0.3 is 0 Å². The number of para-hydroxylation sites is 2. The fraction of sp³-hybridized carbons (Fsp3) is 0.200. The zero-order valence-corrected chi connectivity index (χ0v) is 14.3. The summed E-state index contributed by atoms with van der Waals surface area (Å²) in [6, 6.07) is 15.2. The molecule has 0 aliphatic carbocycles. The number of fused-ring (bicyclic) bond motifs is 1. The van der Waals surface area contributed by atoms with Gasteiger partial charge in [0.1, 0.15) is 6.61 Å². The third kappa shape index (κ3) is 3.26. The van der Waals surface area contributed by atoms with E-state index in [0.717, 1.165) is 11.3 Å². The normalized spacial score (nSPS) is 16.7. The van der Waals surface area contributed by atoms with Crippen molar-refractivity contribution in [3.63, 3.8) is 0 Å². The summed E-state index contributed by atoms with van der Waals surface area (Å²) in [5, 5.41) is 2.99. The Hall–Kier alpha value is -3.28. The molecule has 0 fully saturated rings. The maximum absolute atomic E-state index is 12.5. The number of nitrogens with zero attached hydrogens (tertiary/aromatic N) is 2. The van der Waals surface area contributed by atoms with E-state index in [0.29, 0.717) is 11.5 Å². The van der Waals surface area contributed by atoms with Crippen LogP contribution in [0.3, 0.4) is 0 Å². The van der Waals surface area contributed by atoms with E-state index in [1.807, 2.05) is 60.2 Å². The fourth-order valence-corrected chi connectivity index (χ4v) is 2.89. The van der Waals surface area contributed by atoms with Crippen LogP contribution in [0.15, 0.2) is 67.3 Å². The number of nitrogens with one attached hydrogen (secondary N) is 1. The maximum Gasteiger partial charge on any atom is 0.265 e. The molecule has 3 aromatic rings. The highest BCUT2D eigenvalue weighted by Crippen LogP contribution is 2.31. The predicted octanol–water partition coefficient (Wildman–Crippen LogP) is 2.89. The summed E-state index contributed by atoms with van der Waals surface area (Å²) in [6.07, 6.45) is 4.72. The first kappa shape index (κ1) is 16.2. The number of carbonyl (C=O) groups excluding carboxylic acids is 1. The molecule has 2 atom stereocenters. The van der Waals surface area contributed by atoms with Gasteiger partial charge in [-0.25, -0.2) is 4.98 Å². The molecule has 0 saturated heterocycles. The second-order valence-corrected chi connectivity index (χ2v) is 6.16. The van der Waals surface area contributed by atoms with E-state index in [1.54, 1.807) is 18.6 Å². The molecule has 1 N–H and O–H groups in total. The molecule has 1 aliphatic heterocycles. The average Bonchev–Trinajstić information content (AvgIpc) is 3.22. The number of hydrogen-bond acceptors (Lipinski definition) is 4. The number of rotatable bonds is 4. The van der Waals surface area contributed by atoms with E-state index >= 15 is 0 Å². The Bertz CT molecular complexity index is 891. The van der Waals surface area contributed by atoms with E-state index in [9.17, 15) is 4.79 Å². The summed E-state index contributed by atoms with van der Waals surface area (Å²) in [5.41, 5.74) is 2.03. The number of benzene rings is 2. The fourth-order valence-electron chi connectivity index (χ4n) is 2.89. The molecule has 0 spiro atoms. The Kier molecular flexibility index (Phi) is 4.31. The Labute approximate surface area is 151 Å². The number of aromatic nitrogens is 2. The third-order valence-electron chi connectivity index (χ3n) is 4.36. The van der Waals surface area contributed by atoms with Crippen molar-refractivity contribution in [3.8, 4) is 17.2 Å². The number of amides is 1. The van der Waals surface area contributed by atoms with Crippen LogP contribution in [0.4, 0.5) is 0 Å². The second kappa shape index (κ2) is 6.92. The number of imidazole rings is 1. The number of hydrogen-bond donors (Lipinski definition) is 1. The van der Waals surface area contributed by atoms with Crippen molar-refractivity contribution >= 4 is 5.91 Å². The second-order valence-electron chi connectivity index (χ2n) is 6.16. The summed E-state index contributed by atoms with van der Waals surface area (Å²) in [6.45, 7) is 2.15. The van der Waals surface area contributed by atoms with Gasteiger partial charge < -0.3 is 19.4 Å². The summed E-state index contributed by atoms with van der Waals surface area (Å²) in [4.78, 5) is 16.6. The molecule has 2 heterocycles. The Morgan fingerprint density at radius 1 is 1.19 bits per heavy atom. The Morgan fingerprint density at radius 2 is 1.96 bits per heavy atom. The molecular weight excluding hydrogens is 330 g/mol. The minimum atomic E-state index is -0.655. The Morgan fingerprint density at radius 3 is 2.69 bits per heavy atom. The molecular formula is C20H19N3O3. The van der Waals surface area contributed by atoms with Crippen molar-refractivity contribution in [1.82, 2.24) is 14.9 Å². The molecule has 0 bridgehead atoms. The van der Waals surface area contributed by atoms with Crippen LogP contribution in [0.2, 0.25) is 0 Å². The molecule has 4 rings (SSSR count). The lowest BCUT2D eigenvalue weighted by Crippen LogP contribution is -2.44. The van der Waals surface area contributed by atoms with Crippen molar-refractivity contribution in [2.45, 2.75) is 19.1 Å². The minimum Gasteiger partial charge on any atom is -0.485 e. The van der Waals surface area contributed by atoms with Gasteiger partial charge in [0.05, 0.1) is 12.4 Å². The molecule has 6 heteroatoms. The number of carbonyl (C=O) groups is 1. The van der Waals surface area contributed by atoms with E-state index in [-0.39, 0.29) is 18.6 Å². The van der Waals surface area contributed by atoms with Crippen LogP contribution in [0.25, 0.3) is 5.69 Å². The van der Waals surface area contributed by atoms with Crippen LogP contribution in [-0.2, 0) is 4.79 Å². The molecule has 1 amide bonds. The van der Waals surface area contributed by atoms with E-state index in [4.69, 9.17) is 9.47 Å². The van der Waals surface area contributed by atoms with Gasteiger partial charge in [-0.15, -0.1) is 0 Å². The van der Waals surface area contributed by atoms with E-state index < -0.39 is 6.10 Å². The van der Waals surface area contributed by atoms with E-state index in [2.05, 4.69) is 10.3 Å². The van der Waals surface area contributed by atoms with E-state index in [1.165, 1.54) is 0 Å². The first-order valence-electron chi connectivity index (χ1n) is 8.48. The highest BCUT2D eigenvalue weighted by molar-refractivity contribution is 5.82. The summed E-state index contributed by atoms with van der Waals surface area (Å²) < 4.78 is 13.3. The molecule has 6 nitrogen and oxygen atoms in total. The molecule has 0 radical (unpaired) electrons. The molecule has 0 saturated carbocycles. The average molecular weight is 349 g/mol. The lowest BCUT2D eigenvalue weighted by atomic mass is 10.1. The van der Waals surface area contributed by atoms with Crippen molar-refractivity contribution in [2.24, 2.45) is 0 Å². The molecule has 2 aromatic carbocycles. The van der Waals surface area contributed by atoms with Crippen LogP contribution in [0, 0.1) is 0 Å². The molecule has 1 aliphatic rings. The minimum absolute atomic E-state index is 0.139. The van der Waals surface area contributed by atoms with Crippen LogP contribution >= 0.6 is 0 Å². The molecule has 26 heavy (non-hydrogen) atoms. The van der Waals surface area contributed by atoms with Crippen molar-refractivity contribution in [3.05, 3.63) is 72.8 Å². The van der Waals surface area contributed by atoms with Gasteiger partial charge in [0, 0.05) is 18.1 Å².